The molecule has 98 valence electrons. The van der Waals surface area contributed by atoms with Gasteiger partial charge in [-0.2, -0.15) is 0 Å². The van der Waals surface area contributed by atoms with Crippen LogP contribution in [0.3, 0.4) is 0 Å². The van der Waals surface area contributed by atoms with E-state index in [1.807, 2.05) is 24.7 Å². The average Bonchev–Trinajstić information content (AvgIpc) is 2.12. The third-order valence-corrected chi connectivity index (χ3v) is 1.77. The first-order valence-electron chi connectivity index (χ1n) is 4.37. The predicted octanol–water partition coefficient (Wildman–Crippen LogP) is -4.81. The molecule has 8 nitrogen and oxygen atoms in total. The van der Waals surface area contributed by atoms with Crippen LogP contribution in [0, 0.1) is 17.2 Å². The molecule has 0 saturated heterocycles. The number of hydrogen-bond acceptors (Lipinski definition) is 7. The lowest BCUT2D eigenvalue weighted by molar-refractivity contribution is -2.00. The summed E-state index contributed by atoms with van der Waals surface area (Å²) < 4.78 is 40.9. The van der Waals surface area contributed by atoms with Gasteiger partial charge in [-0.15, -0.1) is 10.2 Å². The van der Waals surface area contributed by atoms with E-state index in [1.54, 1.807) is 7.11 Å². The van der Waals surface area contributed by atoms with Gasteiger partial charge in [-0.3, -0.25) is 0 Å². The highest BCUT2D eigenvalue weighted by Gasteiger charge is 2.10. The smallest absolute Gasteiger partial charge is 0.297 e. The van der Waals surface area contributed by atoms with Gasteiger partial charge in [-0.05, 0) is 4.98 Å². The Kier molecular flexibility index (Phi) is 6.24. The maximum atomic E-state index is 8.49. The highest BCUT2D eigenvalue weighted by Crippen LogP contribution is 2.06. The van der Waals surface area contributed by atoms with E-state index in [9.17, 15) is 0 Å². The van der Waals surface area contributed by atoms with Crippen molar-refractivity contribution in [1.29, 1.82) is 0 Å². The fourth-order valence-electron chi connectivity index (χ4n) is 0.985. The molecule has 0 aliphatic rings. The van der Waals surface area contributed by atoms with E-state index in [1.165, 1.54) is 0 Å². The largest absolute Gasteiger partial charge is 0.380 e. The van der Waals surface area contributed by atoms with Crippen LogP contribution in [0.2, 0.25) is 0 Å². The van der Waals surface area contributed by atoms with Crippen LogP contribution in [0.5, 0.6) is 0 Å². The van der Waals surface area contributed by atoms with Crippen molar-refractivity contribution < 1.29 is 38.2 Å². The maximum absolute atomic E-state index is 8.49. The molecule has 0 aliphatic heterocycles. The lowest BCUT2D eigenvalue weighted by Gasteiger charge is -2.17. The van der Waals surface area contributed by atoms with E-state index in [0.717, 1.165) is 11.4 Å². The normalized spacial score (nSPS) is 10.8. The van der Waals surface area contributed by atoms with E-state index in [-0.39, 0.29) is 0 Å². The number of nitrogens with zero attached hydrogens (tertiary/aromatic N) is 2. The Morgan fingerprint density at radius 1 is 1.41 bits per heavy atom. The van der Waals surface area contributed by atoms with Crippen LogP contribution in [0.15, 0.2) is 6.20 Å². The van der Waals surface area contributed by atoms with E-state index in [4.69, 9.17) is 29.1 Å². The number of ether oxygens (including phenoxy) is 1. The highest BCUT2D eigenvalue weighted by molar-refractivity contribution is 5.35. The summed E-state index contributed by atoms with van der Waals surface area (Å²) in [5.74, 6) is 1.44. The zero-order chi connectivity index (χ0) is 13.6. The summed E-state index contributed by atoms with van der Waals surface area (Å²) in [6.07, 6.45) is 1.93. The van der Waals surface area contributed by atoms with Crippen molar-refractivity contribution in [2.24, 2.45) is 7.05 Å². The molecule has 0 spiro atoms. The highest BCUT2D eigenvalue weighted by atomic mass is 35.7. The summed E-state index contributed by atoms with van der Waals surface area (Å²) in [5.41, 5.74) is 6.59. The first-order valence-corrected chi connectivity index (χ1v) is 5.61. The van der Waals surface area contributed by atoms with Gasteiger partial charge in [-0.25, -0.2) is 23.2 Å². The Hall–Kier alpha value is -1.03. The van der Waals surface area contributed by atoms with Crippen molar-refractivity contribution in [3.63, 3.8) is 0 Å². The molecule has 0 aromatic carbocycles. The molecule has 1 rings (SSSR count). The molecule has 0 bridgehead atoms. The fourth-order valence-corrected chi connectivity index (χ4v) is 0.985. The van der Waals surface area contributed by atoms with E-state index >= 15 is 0 Å². The minimum atomic E-state index is -4.94. The predicted molar refractivity (Wildman–Crippen MR) is 45.3 cm³/mol. The Morgan fingerprint density at radius 2 is 1.88 bits per heavy atom. The molecule has 1 aromatic rings. The molecule has 9 heteroatoms. The van der Waals surface area contributed by atoms with Crippen LogP contribution < -0.4 is 28.9 Å². The minimum absolute atomic E-state index is 0.507. The molecular weight excluding hydrogens is 254 g/mol. The van der Waals surface area contributed by atoms with Gasteiger partial charge >= 0.3 is 0 Å². The number of aryl methyl sites for hydroxylation is 2. The molecular formula is C8H14ClN3O5. The molecule has 0 aliphatic carbocycles. The quantitative estimate of drug-likeness (QED) is 0.529. The van der Waals surface area contributed by atoms with Crippen molar-refractivity contribution in [2.75, 3.05) is 12.8 Å². The first kappa shape index (κ1) is 16.0. The third-order valence-electron chi connectivity index (χ3n) is 1.77. The SMILES string of the molecule is COCc1c[n+](C)c(C)nc1N.[O-][Cl+3]([O-])([O-])[O-]. The molecule has 0 fully saturated rings. The first-order chi connectivity index (χ1) is 7.65. The number of halogens is 1. The number of methoxy groups -OCH3 is 1. The maximum Gasteiger partial charge on any atom is 0.297 e. The summed E-state index contributed by atoms with van der Waals surface area (Å²) >= 11 is 0. The van der Waals surface area contributed by atoms with Crippen LogP contribution in [-0.2, 0) is 18.4 Å². The second-order valence-corrected chi connectivity index (χ2v) is 3.88. The van der Waals surface area contributed by atoms with Crippen molar-refractivity contribution in [1.82, 2.24) is 4.98 Å². The van der Waals surface area contributed by atoms with Crippen LogP contribution in [0.25, 0.3) is 0 Å². The summed E-state index contributed by atoms with van der Waals surface area (Å²) in [5, 5.41) is 0. The standard InChI is InChI=1S/C8H13N3O.ClHO4/c1-6-10-8(9)7(5-12-3)4-11(6)2;2-1(3,4)5/h4,9H,5H2,1-3H3;(H,2,3,4,5). The number of hydrogen-bond donors (Lipinski definition) is 1. The number of anilines is 1. The van der Waals surface area contributed by atoms with Gasteiger partial charge in [0.2, 0.25) is 5.82 Å². The number of aromatic nitrogens is 2. The molecule has 0 saturated carbocycles. The van der Waals surface area contributed by atoms with Gasteiger partial charge in [0.05, 0.1) is 19.2 Å². The van der Waals surface area contributed by atoms with Gasteiger partial charge in [-0.1, -0.05) is 0 Å². The molecule has 0 unspecified atom stereocenters. The van der Waals surface area contributed by atoms with Gasteiger partial charge in [0, 0.05) is 14.0 Å². The van der Waals surface area contributed by atoms with Crippen LogP contribution in [0.1, 0.15) is 11.4 Å². The van der Waals surface area contributed by atoms with E-state index in [2.05, 4.69) is 4.98 Å². The third kappa shape index (κ3) is 7.80. The lowest BCUT2D eigenvalue weighted by Crippen LogP contribution is -2.68. The van der Waals surface area contributed by atoms with E-state index < -0.39 is 10.2 Å². The second kappa shape index (κ2) is 6.64. The Balaban J connectivity index is 0.000000437. The number of nitrogens with two attached hydrogens (primary N) is 1. The molecule has 0 radical (unpaired) electrons. The molecule has 1 heterocycles. The Labute approximate surface area is 101 Å². The van der Waals surface area contributed by atoms with Gasteiger partial charge in [0.25, 0.3) is 5.82 Å². The average molecular weight is 268 g/mol. The fraction of sp³-hybridized carbons (Fsp3) is 0.500. The molecule has 2 N–H and O–H groups in total. The molecule has 17 heavy (non-hydrogen) atoms. The second-order valence-electron chi connectivity index (χ2n) is 3.12. The lowest BCUT2D eigenvalue weighted by atomic mass is 10.3. The monoisotopic (exact) mass is 267 g/mol. The van der Waals surface area contributed by atoms with Crippen LogP contribution >= 0.6 is 0 Å². The number of rotatable bonds is 2. The van der Waals surface area contributed by atoms with Gasteiger partial charge < -0.3 is 10.5 Å². The molecule has 0 amide bonds. The molecule has 1 aromatic heterocycles. The van der Waals surface area contributed by atoms with Gasteiger partial charge in [0.15, 0.2) is 0 Å². The topological polar surface area (TPSA) is 144 Å². The summed E-state index contributed by atoms with van der Waals surface area (Å²) in [6.45, 7) is 2.42. The van der Waals surface area contributed by atoms with Crippen molar-refractivity contribution in [2.45, 2.75) is 13.5 Å². The number of nitrogen functional groups attached to an aromatic ring is 1. The van der Waals surface area contributed by atoms with Crippen LogP contribution in [0.4, 0.5) is 5.82 Å². The minimum Gasteiger partial charge on any atom is -0.380 e. The van der Waals surface area contributed by atoms with E-state index in [0.29, 0.717) is 12.4 Å². The zero-order valence-corrected chi connectivity index (χ0v) is 10.4. The van der Waals surface area contributed by atoms with Crippen molar-refractivity contribution in [3.8, 4) is 0 Å². The van der Waals surface area contributed by atoms with Gasteiger partial charge in [0.1, 0.15) is 6.20 Å². The van der Waals surface area contributed by atoms with Crippen molar-refractivity contribution in [3.05, 3.63) is 17.6 Å². The molecule has 0 atom stereocenters. The van der Waals surface area contributed by atoms with Crippen LogP contribution in [-0.4, -0.2) is 12.1 Å². The Bertz CT molecular complexity index is 363. The van der Waals surface area contributed by atoms with Crippen molar-refractivity contribution >= 4 is 5.82 Å². The zero-order valence-electron chi connectivity index (χ0n) is 9.68. The summed E-state index contributed by atoms with van der Waals surface area (Å²) in [7, 11) is -1.37. The summed E-state index contributed by atoms with van der Waals surface area (Å²) in [6, 6.07) is 0. The summed E-state index contributed by atoms with van der Waals surface area (Å²) in [4.78, 5) is 4.15. The Morgan fingerprint density at radius 3 is 2.29 bits per heavy atom.